The Labute approximate surface area is 163 Å². The predicted molar refractivity (Wildman–Crippen MR) is 110 cm³/mol. The van der Waals surface area contributed by atoms with Crippen LogP contribution in [0.4, 0.5) is 0 Å². The van der Waals surface area contributed by atoms with Gasteiger partial charge in [0.05, 0.1) is 7.11 Å². The number of aliphatic imine (C=N–C) groups is 1. The Bertz CT molecular complexity index is 610. The van der Waals surface area contributed by atoms with E-state index < -0.39 is 0 Å². The van der Waals surface area contributed by atoms with Gasteiger partial charge in [-0.05, 0) is 56.2 Å². The Morgan fingerprint density at radius 1 is 1.33 bits per heavy atom. The predicted octanol–water partition coefficient (Wildman–Crippen LogP) is 2.44. The highest BCUT2D eigenvalue weighted by molar-refractivity contribution is 5.80. The van der Waals surface area contributed by atoms with Gasteiger partial charge < -0.3 is 20.3 Å². The van der Waals surface area contributed by atoms with Crippen molar-refractivity contribution in [1.29, 1.82) is 0 Å². The van der Waals surface area contributed by atoms with Crippen LogP contribution in [-0.2, 0) is 11.2 Å². The first-order chi connectivity index (χ1) is 13.2. The van der Waals surface area contributed by atoms with E-state index in [9.17, 15) is 4.79 Å². The lowest BCUT2D eigenvalue weighted by Crippen LogP contribution is -2.46. The van der Waals surface area contributed by atoms with E-state index in [0.29, 0.717) is 12.3 Å². The Hall–Kier alpha value is -2.24. The molecule has 1 aliphatic heterocycles. The summed E-state index contributed by atoms with van der Waals surface area (Å²) in [5.74, 6) is 2.54. The van der Waals surface area contributed by atoms with Crippen LogP contribution in [0.1, 0.15) is 38.2 Å². The number of benzene rings is 1. The maximum absolute atomic E-state index is 11.6. The number of nitrogens with zero attached hydrogens (tertiary/aromatic N) is 2. The van der Waals surface area contributed by atoms with Crippen molar-refractivity contribution in [3.8, 4) is 5.75 Å². The van der Waals surface area contributed by atoms with Crippen LogP contribution in [0.15, 0.2) is 29.3 Å². The molecule has 6 nitrogen and oxygen atoms in total. The number of carbonyl (C=O) groups is 1. The van der Waals surface area contributed by atoms with E-state index >= 15 is 0 Å². The van der Waals surface area contributed by atoms with E-state index in [0.717, 1.165) is 63.6 Å². The fourth-order valence-corrected chi connectivity index (χ4v) is 3.44. The third-order valence-electron chi connectivity index (χ3n) is 5.02. The Kier molecular flexibility index (Phi) is 8.95. The molecule has 1 amide bonds. The van der Waals surface area contributed by atoms with Crippen LogP contribution in [0.25, 0.3) is 0 Å². The zero-order chi connectivity index (χ0) is 19.5. The Morgan fingerprint density at radius 3 is 2.78 bits per heavy atom. The highest BCUT2D eigenvalue weighted by Gasteiger charge is 2.22. The molecular weight excluding hydrogens is 340 g/mol. The van der Waals surface area contributed by atoms with Gasteiger partial charge in [-0.1, -0.05) is 12.1 Å². The van der Waals surface area contributed by atoms with Crippen LogP contribution < -0.4 is 15.4 Å². The molecule has 1 aromatic rings. The van der Waals surface area contributed by atoms with Crippen LogP contribution in [0.5, 0.6) is 5.75 Å². The summed E-state index contributed by atoms with van der Waals surface area (Å²) in [4.78, 5) is 18.7. The second-order valence-corrected chi connectivity index (χ2v) is 7.00. The minimum absolute atomic E-state index is 0.145. The molecule has 0 unspecified atom stereocenters. The SMILES string of the molecule is CCNC(=NCCCc1cccc(OC)c1)N1CCC(CC(=O)NC)CC1. The molecule has 0 radical (unpaired) electrons. The molecule has 150 valence electrons. The summed E-state index contributed by atoms with van der Waals surface area (Å²) < 4.78 is 5.28. The normalized spacial score (nSPS) is 15.5. The lowest BCUT2D eigenvalue weighted by Gasteiger charge is -2.34. The van der Waals surface area contributed by atoms with Crippen LogP contribution >= 0.6 is 0 Å². The Morgan fingerprint density at radius 2 is 2.11 bits per heavy atom. The van der Waals surface area contributed by atoms with Gasteiger partial charge in [0.2, 0.25) is 5.91 Å². The Balaban J connectivity index is 1.81. The second-order valence-electron chi connectivity index (χ2n) is 7.00. The zero-order valence-electron chi connectivity index (χ0n) is 17.0. The van der Waals surface area contributed by atoms with Crippen molar-refractivity contribution in [3.63, 3.8) is 0 Å². The molecule has 0 spiro atoms. The van der Waals surface area contributed by atoms with Gasteiger partial charge in [0.15, 0.2) is 5.96 Å². The van der Waals surface area contributed by atoms with Gasteiger partial charge in [-0.25, -0.2) is 0 Å². The van der Waals surface area contributed by atoms with Crippen molar-refractivity contribution in [2.45, 2.75) is 39.0 Å². The highest BCUT2D eigenvalue weighted by atomic mass is 16.5. The zero-order valence-corrected chi connectivity index (χ0v) is 17.0. The van der Waals surface area contributed by atoms with Crippen molar-refractivity contribution >= 4 is 11.9 Å². The van der Waals surface area contributed by atoms with Crippen LogP contribution in [0, 0.1) is 5.92 Å². The number of guanidine groups is 1. The van der Waals surface area contributed by atoms with Crippen molar-refractivity contribution < 1.29 is 9.53 Å². The smallest absolute Gasteiger partial charge is 0.220 e. The average molecular weight is 375 g/mol. The van der Waals surface area contributed by atoms with Gasteiger partial charge >= 0.3 is 0 Å². The lowest BCUT2D eigenvalue weighted by molar-refractivity contribution is -0.121. The second kappa shape index (κ2) is 11.5. The van der Waals surface area contributed by atoms with Gasteiger partial charge in [0.1, 0.15) is 5.75 Å². The van der Waals surface area contributed by atoms with E-state index in [2.05, 4.69) is 34.6 Å². The number of hydrogen-bond donors (Lipinski definition) is 2. The molecule has 1 heterocycles. The maximum Gasteiger partial charge on any atom is 0.220 e. The third-order valence-corrected chi connectivity index (χ3v) is 5.02. The number of rotatable bonds is 8. The van der Waals surface area contributed by atoms with E-state index in [1.165, 1.54) is 5.56 Å². The summed E-state index contributed by atoms with van der Waals surface area (Å²) in [6, 6.07) is 8.23. The number of likely N-dealkylation sites (tertiary alicyclic amines) is 1. The van der Waals surface area contributed by atoms with Crippen molar-refractivity contribution in [2.24, 2.45) is 10.9 Å². The number of hydrogen-bond acceptors (Lipinski definition) is 3. The van der Waals surface area contributed by atoms with Crippen molar-refractivity contribution in [1.82, 2.24) is 15.5 Å². The molecule has 0 atom stereocenters. The molecular formula is C21H34N4O2. The molecule has 1 aromatic carbocycles. The molecule has 27 heavy (non-hydrogen) atoms. The summed E-state index contributed by atoms with van der Waals surface area (Å²) in [5, 5.41) is 6.14. The molecule has 1 aliphatic rings. The number of nitrogens with one attached hydrogen (secondary N) is 2. The monoisotopic (exact) mass is 374 g/mol. The minimum Gasteiger partial charge on any atom is -0.497 e. The summed E-state index contributed by atoms with van der Waals surface area (Å²) >= 11 is 0. The standard InChI is InChI=1S/C21H34N4O2/c1-4-23-21(25-13-10-18(11-14-25)16-20(26)22-2)24-12-6-8-17-7-5-9-19(15-17)27-3/h5,7,9,15,18H,4,6,8,10-14,16H2,1-3H3,(H,22,26)(H,23,24). The van der Waals surface area contributed by atoms with Crippen molar-refractivity contribution in [2.75, 3.05) is 40.3 Å². The van der Waals surface area contributed by atoms with Gasteiger partial charge in [0.25, 0.3) is 0 Å². The molecule has 1 saturated heterocycles. The van der Waals surface area contributed by atoms with E-state index in [4.69, 9.17) is 9.73 Å². The number of carbonyl (C=O) groups excluding carboxylic acids is 1. The number of methoxy groups -OCH3 is 1. The van der Waals surface area contributed by atoms with Crippen LogP contribution in [0.2, 0.25) is 0 Å². The van der Waals surface area contributed by atoms with Gasteiger partial charge in [0, 0.05) is 39.6 Å². The first-order valence-corrected chi connectivity index (χ1v) is 10.0. The molecule has 0 aliphatic carbocycles. The highest BCUT2D eigenvalue weighted by Crippen LogP contribution is 2.20. The fourth-order valence-electron chi connectivity index (χ4n) is 3.44. The number of ether oxygens (including phenoxy) is 1. The minimum atomic E-state index is 0.145. The molecule has 0 saturated carbocycles. The van der Waals surface area contributed by atoms with E-state index in [1.54, 1.807) is 14.2 Å². The quantitative estimate of drug-likeness (QED) is 0.417. The van der Waals surface area contributed by atoms with Crippen LogP contribution in [0.3, 0.4) is 0 Å². The summed E-state index contributed by atoms with van der Waals surface area (Å²) in [7, 11) is 3.41. The summed E-state index contributed by atoms with van der Waals surface area (Å²) in [6.07, 6.45) is 4.73. The summed E-state index contributed by atoms with van der Waals surface area (Å²) in [6.45, 7) is 5.70. The van der Waals surface area contributed by atoms with E-state index in [1.807, 2.05) is 12.1 Å². The first kappa shape index (κ1) is 21.1. The lowest BCUT2D eigenvalue weighted by atomic mass is 9.93. The molecule has 0 bridgehead atoms. The molecule has 2 N–H and O–H groups in total. The van der Waals surface area contributed by atoms with E-state index in [-0.39, 0.29) is 5.91 Å². The number of amides is 1. The van der Waals surface area contributed by atoms with Gasteiger partial charge in [-0.15, -0.1) is 0 Å². The topological polar surface area (TPSA) is 66.0 Å². The number of piperidine rings is 1. The van der Waals surface area contributed by atoms with Gasteiger partial charge in [-0.3, -0.25) is 9.79 Å². The summed E-state index contributed by atoms with van der Waals surface area (Å²) in [5.41, 5.74) is 1.28. The van der Waals surface area contributed by atoms with Crippen LogP contribution in [-0.4, -0.2) is 57.1 Å². The maximum atomic E-state index is 11.6. The molecule has 1 fully saturated rings. The largest absolute Gasteiger partial charge is 0.497 e. The molecule has 2 rings (SSSR count). The van der Waals surface area contributed by atoms with Crippen molar-refractivity contribution in [3.05, 3.63) is 29.8 Å². The number of aryl methyl sites for hydroxylation is 1. The first-order valence-electron chi connectivity index (χ1n) is 10.0. The third kappa shape index (κ3) is 7.12. The fraction of sp³-hybridized carbons (Fsp3) is 0.619. The molecule has 6 heteroatoms. The molecule has 0 aromatic heterocycles. The van der Waals surface area contributed by atoms with Gasteiger partial charge in [-0.2, -0.15) is 0 Å². The average Bonchev–Trinajstić information content (AvgIpc) is 2.71.